The molecule has 0 bridgehead atoms. The first-order valence-electron chi connectivity index (χ1n) is 21.3. The summed E-state index contributed by atoms with van der Waals surface area (Å²) in [5.74, 6) is 1.89. The van der Waals surface area contributed by atoms with E-state index in [-0.39, 0.29) is 0 Å². The first-order chi connectivity index (χ1) is 31.3. The van der Waals surface area contributed by atoms with Gasteiger partial charge in [-0.2, -0.15) is 0 Å². The molecule has 0 atom stereocenters. The van der Waals surface area contributed by atoms with E-state index in [0.29, 0.717) is 17.5 Å². The highest BCUT2D eigenvalue weighted by molar-refractivity contribution is 6.28. The van der Waals surface area contributed by atoms with Crippen molar-refractivity contribution in [3.8, 4) is 51.2 Å². The topological polar surface area (TPSA) is 53.5 Å². The molecule has 0 unspecified atom stereocenters. The number of hydrogen-bond acceptors (Lipinski definition) is 3. The van der Waals surface area contributed by atoms with Gasteiger partial charge in [-0.15, -0.1) is 0 Å². The zero-order chi connectivity index (χ0) is 41.4. The molecule has 0 N–H and O–H groups in total. The van der Waals surface area contributed by atoms with Crippen molar-refractivity contribution in [1.29, 1.82) is 0 Å². The van der Waals surface area contributed by atoms with E-state index in [1.54, 1.807) is 0 Å². The van der Waals surface area contributed by atoms with E-state index in [1.165, 1.54) is 27.1 Å². The summed E-state index contributed by atoms with van der Waals surface area (Å²) in [5, 5.41) is 7.00. The average Bonchev–Trinajstić information content (AvgIpc) is 4.00. The largest absolute Gasteiger partial charge is 0.309 e. The van der Waals surface area contributed by atoms with Crippen molar-refractivity contribution in [3.05, 3.63) is 218 Å². The van der Waals surface area contributed by atoms with Crippen molar-refractivity contribution in [2.45, 2.75) is 0 Å². The molecule has 13 rings (SSSR count). The number of nitrogens with zero attached hydrogens (tertiary/aromatic N) is 6. The van der Waals surface area contributed by atoms with Crippen molar-refractivity contribution < 1.29 is 0 Å². The van der Waals surface area contributed by atoms with Crippen LogP contribution in [0.1, 0.15) is 0 Å². The molecule has 0 amide bonds. The maximum absolute atomic E-state index is 5.27. The van der Waals surface area contributed by atoms with Gasteiger partial charge in [0, 0.05) is 66.1 Å². The monoisotopic (exact) mass is 804 g/mol. The molecule has 6 nitrogen and oxygen atoms in total. The Kier molecular flexibility index (Phi) is 7.80. The van der Waals surface area contributed by atoms with Crippen LogP contribution in [0.5, 0.6) is 0 Å². The van der Waals surface area contributed by atoms with Crippen LogP contribution in [0.3, 0.4) is 0 Å². The van der Waals surface area contributed by atoms with Gasteiger partial charge in [-0.25, -0.2) is 15.0 Å². The SMILES string of the molecule is c1ccc(-c2nc(-c3ccccc3)nc(-c3cccc4c3c3ccc5c(c6ccccc6n5-c5ccccc5)c3n4-c3ccc4c5ccccc5n(-c5ccccc5)c4c3)n2)cc1. The van der Waals surface area contributed by atoms with Crippen LogP contribution >= 0.6 is 0 Å². The number of fused-ring (bicyclic) bond motifs is 10. The molecule has 63 heavy (non-hydrogen) atoms. The van der Waals surface area contributed by atoms with Crippen molar-refractivity contribution >= 4 is 65.4 Å². The lowest BCUT2D eigenvalue weighted by molar-refractivity contribution is 1.08. The summed E-state index contributed by atoms with van der Waals surface area (Å²) < 4.78 is 7.27. The second kappa shape index (κ2) is 14.0. The van der Waals surface area contributed by atoms with Gasteiger partial charge in [0.2, 0.25) is 0 Å². The number of hydrogen-bond donors (Lipinski definition) is 0. The summed E-state index contributed by atoms with van der Waals surface area (Å²) in [7, 11) is 0. The van der Waals surface area contributed by atoms with Gasteiger partial charge in [0.15, 0.2) is 17.5 Å². The summed E-state index contributed by atoms with van der Waals surface area (Å²) in [6, 6.07) is 77.3. The van der Waals surface area contributed by atoms with Gasteiger partial charge >= 0.3 is 0 Å². The molecule has 6 heteroatoms. The summed E-state index contributed by atoms with van der Waals surface area (Å²) in [4.78, 5) is 15.6. The Morgan fingerprint density at radius 2 is 0.746 bits per heavy atom. The molecular formula is C57H36N6. The van der Waals surface area contributed by atoms with Crippen LogP contribution < -0.4 is 0 Å². The molecule has 4 heterocycles. The van der Waals surface area contributed by atoms with Crippen molar-refractivity contribution in [2.75, 3.05) is 0 Å². The molecule has 9 aromatic carbocycles. The Morgan fingerprint density at radius 1 is 0.270 bits per heavy atom. The predicted molar refractivity (Wildman–Crippen MR) is 259 cm³/mol. The van der Waals surface area contributed by atoms with Crippen molar-refractivity contribution in [3.63, 3.8) is 0 Å². The average molecular weight is 805 g/mol. The van der Waals surface area contributed by atoms with Gasteiger partial charge in [-0.1, -0.05) is 158 Å². The Morgan fingerprint density at radius 3 is 1.40 bits per heavy atom. The molecule has 0 fully saturated rings. The second-order valence-electron chi connectivity index (χ2n) is 16.0. The van der Waals surface area contributed by atoms with Crippen LogP contribution in [-0.4, -0.2) is 28.7 Å². The third-order valence-corrected chi connectivity index (χ3v) is 12.5. The molecule has 0 aliphatic rings. The standard InChI is InChI=1S/C57H36N6/c1-5-18-37(19-6-1)55-58-56(38-20-7-2-8-21-38)60-57(59-55)46-28-17-31-49-52(46)45-34-35-50-53(44-27-14-16-30-48(44)61(50)39-22-9-3-10-23-39)54(45)63(49)41-32-33-43-42-26-13-15-29-47(42)62(51(43)36-41)40-24-11-4-12-25-40/h1-36H. The van der Waals surface area contributed by atoms with Crippen LogP contribution in [-0.2, 0) is 0 Å². The molecule has 0 radical (unpaired) electrons. The van der Waals surface area contributed by atoms with Gasteiger partial charge in [0.25, 0.3) is 0 Å². The van der Waals surface area contributed by atoms with E-state index in [9.17, 15) is 0 Å². The number of rotatable bonds is 6. The first kappa shape index (κ1) is 35.2. The second-order valence-corrected chi connectivity index (χ2v) is 16.0. The van der Waals surface area contributed by atoms with E-state index >= 15 is 0 Å². The maximum atomic E-state index is 5.27. The minimum absolute atomic E-state index is 0.624. The third kappa shape index (κ3) is 5.41. The third-order valence-electron chi connectivity index (χ3n) is 12.5. The quantitative estimate of drug-likeness (QED) is 0.168. The Bertz CT molecular complexity index is 3830. The van der Waals surface area contributed by atoms with Crippen LogP contribution in [0.15, 0.2) is 218 Å². The first-order valence-corrected chi connectivity index (χ1v) is 21.3. The fourth-order valence-electron chi connectivity index (χ4n) is 9.80. The number of para-hydroxylation sites is 4. The minimum atomic E-state index is 0.624. The lowest BCUT2D eigenvalue weighted by Gasteiger charge is -2.12. The summed E-state index contributed by atoms with van der Waals surface area (Å²) in [6.07, 6.45) is 0. The van der Waals surface area contributed by atoms with Crippen LogP contribution in [0.2, 0.25) is 0 Å². The maximum Gasteiger partial charge on any atom is 0.164 e. The predicted octanol–water partition coefficient (Wildman–Crippen LogP) is 14.2. The molecule has 0 saturated heterocycles. The normalized spacial score (nSPS) is 11.8. The van der Waals surface area contributed by atoms with E-state index in [0.717, 1.165) is 72.1 Å². The molecule has 294 valence electrons. The van der Waals surface area contributed by atoms with E-state index in [1.807, 2.05) is 36.4 Å². The van der Waals surface area contributed by atoms with E-state index < -0.39 is 0 Å². The summed E-state index contributed by atoms with van der Waals surface area (Å²) in [6.45, 7) is 0. The Labute approximate surface area is 362 Å². The zero-order valence-electron chi connectivity index (χ0n) is 34.0. The smallest absolute Gasteiger partial charge is 0.164 e. The molecule has 0 aliphatic carbocycles. The number of benzene rings is 9. The van der Waals surface area contributed by atoms with Crippen molar-refractivity contribution in [1.82, 2.24) is 28.7 Å². The van der Waals surface area contributed by atoms with Gasteiger partial charge < -0.3 is 13.7 Å². The number of aromatic nitrogens is 6. The molecule has 13 aromatic rings. The molecule has 4 aromatic heterocycles. The molecule has 0 aliphatic heterocycles. The molecule has 0 saturated carbocycles. The Hall–Kier alpha value is -8.61. The highest BCUT2D eigenvalue weighted by Gasteiger charge is 2.25. The molecule has 0 spiro atoms. The Balaban J connectivity index is 1.18. The zero-order valence-corrected chi connectivity index (χ0v) is 34.0. The minimum Gasteiger partial charge on any atom is -0.309 e. The molecular weight excluding hydrogens is 769 g/mol. The van der Waals surface area contributed by atoms with Crippen LogP contribution in [0.25, 0.3) is 117 Å². The fraction of sp³-hybridized carbons (Fsp3) is 0. The highest BCUT2D eigenvalue weighted by atomic mass is 15.1. The lowest BCUT2D eigenvalue weighted by Crippen LogP contribution is -2.00. The van der Waals surface area contributed by atoms with Crippen molar-refractivity contribution in [2.24, 2.45) is 0 Å². The van der Waals surface area contributed by atoms with Crippen LogP contribution in [0.4, 0.5) is 0 Å². The van der Waals surface area contributed by atoms with E-state index in [2.05, 4.69) is 196 Å². The van der Waals surface area contributed by atoms with Gasteiger partial charge in [-0.3, -0.25) is 0 Å². The van der Waals surface area contributed by atoms with Gasteiger partial charge in [0.05, 0.1) is 33.1 Å². The van der Waals surface area contributed by atoms with Crippen LogP contribution in [0, 0.1) is 0 Å². The fourth-order valence-corrected chi connectivity index (χ4v) is 9.80. The summed E-state index contributed by atoms with van der Waals surface area (Å²) >= 11 is 0. The van der Waals surface area contributed by atoms with Gasteiger partial charge in [0.1, 0.15) is 0 Å². The highest BCUT2D eigenvalue weighted by Crippen LogP contribution is 2.45. The van der Waals surface area contributed by atoms with E-state index in [4.69, 9.17) is 15.0 Å². The lowest BCUT2D eigenvalue weighted by atomic mass is 10.0. The summed E-state index contributed by atoms with van der Waals surface area (Å²) in [5.41, 5.74) is 12.9. The van der Waals surface area contributed by atoms with Gasteiger partial charge in [-0.05, 0) is 60.7 Å².